The fraction of sp³-hybridized carbons (Fsp3) is 0.143. The molecular weight excluding hydrogens is 382 g/mol. The third kappa shape index (κ3) is 5.51. The van der Waals surface area contributed by atoms with Crippen molar-refractivity contribution in [1.29, 1.82) is 0 Å². The number of hydrogen-bond donors (Lipinski definition) is 0. The van der Waals surface area contributed by atoms with Crippen LogP contribution in [0.2, 0.25) is 5.02 Å². The lowest BCUT2D eigenvalue weighted by Gasteiger charge is -1.93. The van der Waals surface area contributed by atoms with Crippen LogP contribution in [0.4, 0.5) is 4.39 Å². The average Bonchev–Trinajstić information content (AvgIpc) is 2.23. The lowest BCUT2D eigenvalue weighted by atomic mass is 10.2. The van der Waals surface area contributed by atoms with Gasteiger partial charge in [0.25, 0.3) is 0 Å². The van der Waals surface area contributed by atoms with Gasteiger partial charge in [-0.3, -0.25) is 0 Å². The van der Waals surface area contributed by atoms with Crippen molar-refractivity contribution in [1.82, 2.24) is 0 Å². The van der Waals surface area contributed by atoms with E-state index in [-0.39, 0.29) is 5.82 Å². The Balaban J connectivity index is 0.000000180. The van der Waals surface area contributed by atoms with E-state index < -0.39 is 0 Å². The van der Waals surface area contributed by atoms with Gasteiger partial charge in [0.15, 0.2) is 0 Å². The Bertz CT molecular complexity index is 491. The smallest absolute Gasteiger partial charge is 0.126 e. The first-order valence-electron chi connectivity index (χ1n) is 5.23. The molecule has 2 rings (SSSR count). The summed E-state index contributed by atoms with van der Waals surface area (Å²) in [6.07, 6.45) is 0. The molecule has 0 spiro atoms. The summed E-state index contributed by atoms with van der Waals surface area (Å²) < 4.78 is 14.4. The minimum Gasteiger partial charge on any atom is -0.207 e. The van der Waals surface area contributed by atoms with E-state index in [9.17, 15) is 4.39 Å². The SMILES string of the molecule is Cc1cc(Br)ccc1F.Cc1cc(Cl)cc(Br)c1. The van der Waals surface area contributed by atoms with Crippen molar-refractivity contribution >= 4 is 43.5 Å². The predicted octanol–water partition coefficient (Wildman–Crippen LogP) is 6.31. The molecule has 0 aliphatic rings. The van der Waals surface area contributed by atoms with Crippen LogP contribution in [0, 0.1) is 19.7 Å². The second kappa shape index (κ2) is 7.27. The summed E-state index contributed by atoms with van der Waals surface area (Å²) in [6, 6.07) is 10.7. The lowest BCUT2D eigenvalue weighted by Crippen LogP contribution is -1.78. The van der Waals surface area contributed by atoms with Crippen molar-refractivity contribution in [3.63, 3.8) is 0 Å². The minimum atomic E-state index is -0.154. The van der Waals surface area contributed by atoms with Crippen LogP contribution in [0.3, 0.4) is 0 Å². The molecule has 0 atom stereocenters. The standard InChI is InChI=1S/C7H6BrCl.C7H6BrF/c1-5-2-6(8)4-7(9)3-5;1-5-4-6(8)2-3-7(5)9/h2*2-4H,1H3. The van der Waals surface area contributed by atoms with Gasteiger partial charge in [0.2, 0.25) is 0 Å². The first-order valence-corrected chi connectivity index (χ1v) is 7.19. The largest absolute Gasteiger partial charge is 0.207 e. The van der Waals surface area contributed by atoms with Crippen molar-refractivity contribution < 1.29 is 4.39 Å². The van der Waals surface area contributed by atoms with Crippen molar-refractivity contribution in [3.05, 3.63) is 67.3 Å². The molecule has 2 aromatic carbocycles. The molecule has 2 aromatic rings. The number of halogens is 4. The molecule has 0 saturated carbocycles. The van der Waals surface area contributed by atoms with Crippen LogP contribution in [-0.2, 0) is 0 Å². The molecule has 0 radical (unpaired) electrons. The Morgan fingerprint density at radius 3 is 2.06 bits per heavy atom. The minimum absolute atomic E-state index is 0.154. The molecule has 0 N–H and O–H groups in total. The van der Waals surface area contributed by atoms with Gasteiger partial charge in [-0.1, -0.05) is 43.5 Å². The summed E-state index contributed by atoms with van der Waals surface area (Å²) in [7, 11) is 0. The zero-order valence-corrected chi connectivity index (χ0v) is 13.9. The van der Waals surface area contributed by atoms with Crippen LogP contribution >= 0.6 is 43.5 Å². The van der Waals surface area contributed by atoms with Crippen LogP contribution in [0.5, 0.6) is 0 Å². The van der Waals surface area contributed by atoms with E-state index in [1.165, 1.54) is 11.6 Å². The average molecular weight is 395 g/mol. The summed E-state index contributed by atoms with van der Waals surface area (Å²) in [4.78, 5) is 0. The molecule has 0 aromatic heterocycles. The summed E-state index contributed by atoms with van der Waals surface area (Å²) in [5.41, 5.74) is 1.85. The maximum atomic E-state index is 12.5. The molecule has 96 valence electrons. The molecule has 0 saturated heterocycles. The van der Waals surface area contributed by atoms with Crippen LogP contribution < -0.4 is 0 Å². The molecular formula is C14H12Br2ClF. The predicted molar refractivity (Wildman–Crippen MR) is 82.7 cm³/mol. The van der Waals surface area contributed by atoms with Gasteiger partial charge in [0.05, 0.1) is 0 Å². The van der Waals surface area contributed by atoms with Gasteiger partial charge in [-0.15, -0.1) is 0 Å². The highest BCUT2D eigenvalue weighted by Crippen LogP contribution is 2.18. The first kappa shape index (κ1) is 15.7. The Kier molecular flexibility index (Phi) is 6.33. The lowest BCUT2D eigenvalue weighted by molar-refractivity contribution is 0.618. The highest BCUT2D eigenvalue weighted by atomic mass is 79.9. The van der Waals surface area contributed by atoms with Gasteiger partial charge in [-0.05, 0) is 61.4 Å². The highest BCUT2D eigenvalue weighted by Gasteiger charge is 1.94. The second-order valence-corrected chi connectivity index (χ2v) is 6.11. The molecule has 18 heavy (non-hydrogen) atoms. The molecule has 0 aliphatic heterocycles. The number of benzene rings is 2. The number of hydrogen-bond acceptors (Lipinski definition) is 0. The van der Waals surface area contributed by atoms with E-state index in [0.29, 0.717) is 5.56 Å². The van der Waals surface area contributed by atoms with Crippen molar-refractivity contribution in [2.24, 2.45) is 0 Å². The maximum Gasteiger partial charge on any atom is 0.126 e. The monoisotopic (exact) mass is 392 g/mol. The van der Waals surface area contributed by atoms with Gasteiger partial charge < -0.3 is 0 Å². The van der Waals surface area contributed by atoms with Gasteiger partial charge in [0, 0.05) is 14.0 Å². The fourth-order valence-corrected chi connectivity index (χ4v) is 2.80. The molecule has 0 heterocycles. The van der Waals surface area contributed by atoms with E-state index in [1.807, 2.05) is 25.1 Å². The summed E-state index contributed by atoms with van der Waals surface area (Å²) in [5, 5.41) is 0.780. The Morgan fingerprint density at radius 1 is 0.944 bits per heavy atom. The molecule has 0 amide bonds. The molecule has 0 unspecified atom stereocenters. The summed E-state index contributed by atoms with van der Waals surface area (Å²) in [6.45, 7) is 3.75. The maximum absolute atomic E-state index is 12.5. The molecule has 0 fully saturated rings. The summed E-state index contributed by atoms with van der Waals surface area (Å²) >= 11 is 12.3. The van der Waals surface area contributed by atoms with Crippen LogP contribution in [-0.4, -0.2) is 0 Å². The Labute approximate surface area is 128 Å². The molecule has 0 aliphatic carbocycles. The third-order valence-corrected chi connectivity index (χ3v) is 3.30. The Morgan fingerprint density at radius 2 is 1.61 bits per heavy atom. The summed E-state index contributed by atoms with van der Waals surface area (Å²) in [5.74, 6) is -0.154. The molecule has 0 nitrogen and oxygen atoms in total. The van der Waals surface area contributed by atoms with Crippen molar-refractivity contribution in [3.8, 4) is 0 Å². The van der Waals surface area contributed by atoms with Crippen LogP contribution in [0.15, 0.2) is 45.3 Å². The molecule has 4 heteroatoms. The highest BCUT2D eigenvalue weighted by molar-refractivity contribution is 9.10. The quantitative estimate of drug-likeness (QED) is 0.491. The van der Waals surface area contributed by atoms with E-state index in [2.05, 4.69) is 31.9 Å². The van der Waals surface area contributed by atoms with E-state index in [4.69, 9.17) is 11.6 Å². The van der Waals surface area contributed by atoms with E-state index in [0.717, 1.165) is 14.0 Å². The van der Waals surface area contributed by atoms with Crippen molar-refractivity contribution in [2.45, 2.75) is 13.8 Å². The zero-order chi connectivity index (χ0) is 13.7. The number of rotatable bonds is 0. The van der Waals surface area contributed by atoms with Gasteiger partial charge in [-0.25, -0.2) is 4.39 Å². The topological polar surface area (TPSA) is 0 Å². The van der Waals surface area contributed by atoms with Crippen LogP contribution in [0.1, 0.15) is 11.1 Å². The number of aryl methyl sites for hydroxylation is 2. The fourth-order valence-electron chi connectivity index (χ4n) is 1.30. The van der Waals surface area contributed by atoms with Gasteiger partial charge in [0.1, 0.15) is 5.82 Å². The van der Waals surface area contributed by atoms with Gasteiger partial charge >= 0.3 is 0 Å². The van der Waals surface area contributed by atoms with E-state index in [1.54, 1.807) is 19.1 Å². The van der Waals surface area contributed by atoms with Gasteiger partial charge in [-0.2, -0.15) is 0 Å². The van der Waals surface area contributed by atoms with Crippen molar-refractivity contribution in [2.75, 3.05) is 0 Å². The first-order chi connectivity index (χ1) is 8.38. The van der Waals surface area contributed by atoms with E-state index >= 15 is 0 Å². The second-order valence-electron chi connectivity index (χ2n) is 3.84. The normalized spacial score (nSPS) is 9.67. The van der Waals surface area contributed by atoms with Crippen LogP contribution in [0.25, 0.3) is 0 Å². The third-order valence-electron chi connectivity index (χ3n) is 2.13. The molecule has 0 bridgehead atoms. The Hall–Kier alpha value is -0.380. The zero-order valence-electron chi connectivity index (χ0n) is 9.98.